The fourth-order valence-electron chi connectivity index (χ4n) is 10.2. The Labute approximate surface area is 269 Å². The van der Waals surface area contributed by atoms with E-state index in [0.29, 0.717) is 0 Å². The lowest BCUT2D eigenvalue weighted by Gasteiger charge is -2.37. The topological polar surface area (TPSA) is 22.5 Å². The summed E-state index contributed by atoms with van der Waals surface area (Å²) in [5.74, 6) is 1.27. The molecule has 5 heteroatoms. The molecule has 0 aliphatic carbocycles. The van der Waals surface area contributed by atoms with Crippen LogP contribution in [0.5, 0.6) is 0 Å². The van der Waals surface area contributed by atoms with Crippen molar-refractivity contribution in [3.63, 3.8) is 0 Å². The molecule has 8 heterocycles. The van der Waals surface area contributed by atoms with E-state index in [-0.39, 0.29) is 5.41 Å². The number of rotatable bonds is 1. The summed E-state index contributed by atoms with van der Waals surface area (Å²) in [5.41, 5.74) is 14.8. The molecule has 1 unspecified atom stereocenters. The van der Waals surface area contributed by atoms with Crippen LogP contribution < -0.4 is 9.25 Å². The molecule has 13 rings (SSSR count). The largest absolute Gasteiger partial charge is 0.394 e. The molecule has 4 aliphatic rings. The van der Waals surface area contributed by atoms with Crippen LogP contribution in [0.2, 0.25) is 0 Å². The van der Waals surface area contributed by atoms with E-state index in [9.17, 15) is 0 Å². The second-order valence-corrected chi connectivity index (χ2v) is 14.3. The first-order valence-corrected chi connectivity index (χ1v) is 16.5. The van der Waals surface area contributed by atoms with Crippen molar-refractivity contribution >= 4 is 43.6 Å². The van der Waals surface area contributed by atoms with Gasteiger partial charge in [-0.05, 0) is 54.1 Å². The van der Waals surface area contributed by atoms with E-state index in [1.54, 1.807) is 0 Å². The molecule has 0 bridgehead atoms. The van der Waals surface area contributed by atoms with Gasteiger partial charge in [0.25, 0.3) is 5.82 Å². The molecule has 4 aliphatic heterocycles. The van der Waals surface area contributed by atoms with E-state index in [0.717, 1.165) is 0 Å². The quantitative estimate of drug-likeness (QED) is 0.172. The van der Waals surface area contributed by atoms with Crippen molar-refractivity contribution in [1.82, 2.24) is 13.8 Å². The van der Waals surface area contributed by atoms with Crippen molar-refractivity contribution in [3.8, 4) is 28.3 Å². The molecular weight excluding hydrogens is 574 g/mol. The number of nitrogens with zero attached hydrogens (tertiary/aromatic N) is 5. The van der Waals surface area contributed by atoms with Crippen molar-refractivity contribution in [2.24, 2.45) is 0 Å². The highest BCUT2D eigenvalue weighted by Gasteiger charge is 2.69. The molecular formula is C42H27N5+2. The predicted molar refractivity (Wildman–Crippen MR) is 184 cm³/mol. The van der Waals surface area contributed by atoms with Gasteiger partial charge >= 0.3 is 5.66 Å². The van der Waals surface area contributed by atoms with Crippen LogP contribution in [0.15, 0.2) is 128 Å². The van der Waals surface area contributed by atoms with Gasteiger partial charge in [-0.3, -0.25) is 0 Å². The van der Waals surface area contributed by atoms with E-state index in [1.165, 1.54) is 94.2 Å². The Bertz CT molecular complexity index is 2990. The molecule has 5 aromatic carbocycles. The molecule has 218 valence electrons. The van der Waals surface area contributed by atoms with E-state index < -0.39 is 5.66 Å². The second kappa shape index (κ2) is 7.06. The molecule has 9 aromatic rings. The summed E-state index contributed by atoms with van der Waals surface area (Å²) in [6, 6.07) is 40.8. The van der Waals surface area contributed by atoms with Crippen LogP contribution in [-0.4, -0.2) is 13.8 Å². The smallest absolute Gasteiger partial charge is 0.307 e. The highest BCUT2D eigenvalue weighted by molar-refractivity contribution is 6.17. The molecule has 4 aromatic heterocycles. The van der Waals surface area contributed by atoms with Crippen LogP contribution in [-0.2, 0) is 11.1 Å². The molecule has 47 heavy (non-hydrogen) atoms. The molecule has 0 fully saturated rings. The van der Waals surface area contributed by atoms with Gasteiger partial charge in [0, 0.05) is 32.5 Å². The van der Waals surface area contributed by atoms with Crippen molar-refractivity contribution in [2.45, 2.75) is 24.9 Å². The predicted octanol–water partition coefficient (Wildman–Crippen LogP) is 7.79. The van der Waals surface area contributed by atoms with Gasteiger partial charge in [0.15, 0.2) is 5.52 Å². The SMILES string of the molecule is CC1(C)c2ccc[n+]3c2-n2c4c1cccc4c1ccc4c(c12)C31c2c(ccc3c5ccccc5n-4c23)-n2cc(-c3ccccc3)c[n+]21. The Kier molecular flexibility index (Phi) is 3.51. The molecule has 0 amide bonds. The molecule has 0 radical (unpaired) electrons. The summed E-state index contributed by atoms with van der Waals surface area (Å²) < 4.78 is 12.8. The Morgan fingerprint density at radius 1 is 0.553 bits per heavy atom. The Hall–Kier alpha value is -5.94. The number of hydrogen-bond donors (Lipinski definition) is 0. The van der Waals surface area contributed by atoms with Crippen LogP contribution >= 0.6 is 0 Å². The van der Waals surface area contributed by atoms with Crippen LogP contribution in [0.25, 0.3) is 71.9 Å². The first-order valence-electron chi connectivity index (χ1n) is 16.5. The van der Waals surface area contributed by atoms with E-state index in [2.05, 4.69) is 165 Å². The van der Waals surface area contributed by atoms with Crippen LogP contribution in [0, 0.1) is 0 Å². The zero-order valence-electron chi connectivity index (χ0n) is 25.9. The second-order valence-electron chi connectivity index (χ2n) is 14.3. The number of fused-ring (bicyclic) bond motifs is 7. The number of pyridine rings is 1. The average molecular weight is 602 g/mol. The lowest BCUT2D eigenvalue weighted by atomic mass is 9.75. The molecule has 1 spiro atoms. The molecule has 5 nitrogen and oxygen atoms in total. The third-order valence-corrected chi connectivity index (χ3v) is 12.0. The van der Waals surface area contributed by atoms with Gasteiger partial charge in [-0.2, -0.15) is 9.13 Å². The minimum absolute atomic E-state index is 0.169. The third-order valence-electron chi connectivity index (χ3n) is 12.0. The number of para-hydroxylation sites is 2. The third kappa shape index (κ3) is 2.18. The highest BCUT2D eigenvalue weighted by atomic mass is 15.5. The van der Waals surface area contributed by atoms with Crippen molar-refractivity contribution < 1.29 is 9.25 Å². The first-order chi connectivity index (χ1) is 23.1. The maximum atomic E-state index is 2.63. The highest BCUT2D eigenvalue weighted by Crippen LogP contribution is 2.57. The zero-order chi connectivity index (χ0) is 30.6. The van der Waals surface area contributed by atoms with Crippen molar-refractivity contribution in [3.05, 3.63) is 150 Å². The summed E-state index contributed by atoms with van der Waals surface area (Å²) in [6.45, 7) is 4.81. The van der Waals surface area contributed by atoms with Crippen LogP contribution in [0.1, 0.15) is 36.1 Å². The molecule has 1 atom stereocenters. The molecule has 0 N–H and O–H groups in total. The maximum Gasteiger partial charge on any atom is 0.394 e. The lowest BCUT2D eigenvalue weighted by molar-refractivity contribution is -0.993. The van der Waals surface area contributed by atoms with Gasteiger partial charge in [0.2, 0.25) is 6.20 Å². The Morgan fingerprint density at radius 2 is 1.26 bits per heavy atom. The zero-order valence-corrected chi connectivity index (χ0v) is 25.9. The van der Waals surface area contributed by atoms with Crippen LogP contribution in [0.3, 0.4) is 0 Å². The minimum atomic E-state index is -0.635. The Morgan fingerprint density at radius 3 is 2.15 bits per heavy atom. The first kappa shape index (κ1) is 23.4. The van der Waals surface area contributed by atoms with Gasteiger partial charge in [-0.25, -0.2) is 0 Å². The fourth-order valence-corrected chi connectivity index (χ4v) is 10.2. The fraction of sp³-hybridized carbons (Fsp3) is 0.0952. The number of aromatic nitrogens is 5. The van der Waals surface area contributed by atoms with Crippen molar-refractivity contribution in [2.75, 3.05) is 0 Å². The van der Waals surface area contributed by atoms with Gasteiger partial charge in [0.05, 0.1) is 40.2 Å². The van der Waals surface area contributed by atoms with E-state index >= 15 is 0 Å². The van der Waals surface area contributed by atoms with Crippen molar-refractivity contribution in [1.29, 1.82) is 0 Å². The summed E-state index contributed by atoms with van der Waals surface area (Å²) in [5, 5.41) is 5.25. The van der Waals surface area contributed by atoms with E-state index in [1.807, 2.05) is 0 Å². The normalized spacial score (nSPS) is 18.3. The minimum Gasteiger partial charge on any atom is -0.307 e. The Balaban J connectivity index is 1.37. The molecule has 0 saturated heterocycles. The van der Waals surface area contributed by atoms with Gasteiger partial charge < -0.3 is 4.57 Å². The van der Waals surface area contributed by atoms with Gasteiger partial charge in [-0.1, -0.05) is 79.2 Å². The summed E-state index contributed by atoms with van der Waals surface area (Å²) in [7, 11) is 0. The van der Waals surface area contributed by atoms with E-state index in [4.69, 9.17) is 0 Å². The van der Waals surface area contributed by atoms with Gasteiger partial charge in [-0.15, -0.1) is 4.68 Å². The standard InChI is InChI=1S/C42H27N5/c1-41(2)30-14-8-13-27-29-18-20-34-36-39(29)47(37(27)30)40-31(41)15-9-21-43(40)42(36)35-33(44-22-25(23-45(42)44)24-10-4-3-5-11-24)19-17-28-26-12-6-7-16-32(26)46(34)38(28)35/h3-23H,1-2H3/q+2. The summed E-state index contributed by atoms with van der Waals surface area (Å²) in [6.07, 6.45) is 7.08. The number of benzene rings is 5. The average Bonchev–Trinajstić information content (AvgIpc) is 3.85. The molecule has 0 saturated carbocycles. The van der Waals surface area contributed by atoms with Gasteiger partial charge in [0.1, 0.15) is 22.3 Å². The summed E-state index contributed by atoms with van der Waals surface area (Å²) >= 11 is 0. The summed E-state index contributed by atoms with van der Waals surface area (Å²) in [4.78, 5) is 0. The monoisotopic (exact) mass is 601 g/mol. The number of hydrogen-bond acceptors (Lipinski definition) is 0. The lowest BCUT2D eigenvalue weighted by Crippen LogP contribution is -2.77. The van der Waals surface area contributed by atoms with Crippen LogP contribution in [0.4, 0.5) is 0 Å². The maximum absolute atomic E-state index is 2.63.